The highest BCUT2D eigenvalue weighted by atomic mass is 79.9. The number of thiophene rings is 1. The zero-order valence-electron chi connectivity index (χ0n) is 11.3. The molecule has 104 valence electrons. The van der Waals surface area contributed by atoms with Gasteiger partial charge in [-0.05, 0) is 41.4 Å². The fraction of sp³-hybridized carbons (Fsp3) is 0.714. The molecular weight excluding hydrogens is 330 g/mol. The van der Waals surface area contributed by atoms with Gasteiger partial charge in [-0.25, -0.2) is 0 Å². The van der Waals surface area contributed by atoms with Crippen molar-refractivity contribution in [1.29, 1.82) is 0 Å². The molecule has 0 amide bonds. The summed E-state index contributed by atoms with van der Waals surface area (Å²) in [6, 6.07) is 2.57. The number of nitrogens with one attached hydrogen (secondary N) is 1. The lowest BCUT2D eigenvalue weighted by molar-refractivity contribution is 0.476. The summed E-state index contributed by atoms with van der Waals surface area (Å²) in [6.45, 7) is 5.53. The summed E-state index contributed by atoms with van der Waals surface area (Å²) in [5, 5.41) is 4.47. The highest BCUT2D eigenvalue weighted by molar-refractivity contribution is 9.11. The third-order valence-corrected chi connectivity index (χ3v) is 5.58. The molecule has 1 nitrogen and oxygen atoms in total. The summed E-state index contributed by atoms with van der Waals surface area (Å²) in [5.74, 6) is 0. The van der Waals surface area contributed by atoms with Crippen LogP contribution in [0.25, 0.3) is 0 Å². The third kappa shape index (κ3) is 5.60. The van der Waals surface area contributed by atoms with E-state index in [1.807, 2.05) is 0 Å². The summed E-state index contributed by atoms with van der Waals surface area (Å²) in [7, 11) is 0. The monoisotopic (exact) mass is 351 g/mol. The Kier molecular flexibility index (Phi) is 8.56. The highest BCUT2D eigenvalue weighted by Gasteiger charge is 2.14. The normalized spacial score (nSPS) is 12.9. The van der Waals surface area contributed by atoms with Gasteiger partial charge in [0, 0.05) is 10.9 Å². The molecule has 1 unspecified atom stereocenters. The summed E-state index contributed by atoms with van der Waals surface area (Å²) < 4.78 is 1.05. The minimum Gasteiger partial charge on any atom is -0.309 e. The highest BCUT2D eigenvalue weighted by Crippen LogP contribution is 2.36. The average molecular weight is 353 g/mol. The summed E-state index contributed by atoms with van der Waals surface area (Å²) in [5.41, 5.74) is 0. The Labute approximate surface area is 128 Å². The Morgan fingerprint density at radius 1 is 1.28 bits per heavy atom. The molecule has 0 fully saturated rings. The van der Waals surface area contributed by atoms with Crippen molar-refractivity contribution in [2.75, 3.05) is 6.54 Å². The SMILES string of the molecule is CCCCCCC(NCCC)c1cc(Cl)c(Br)s1. The van der Waals surface area contributed by atoms with Crippen LogP contribution in [0, 0.1) is 0 Å². The Hall–Kier alpha value is 0.430. The number of hydrogen-bond donors (Lipinski definition) is 1. The molecule has 0 spiro atoms. The Bertz CT molecular complexity index is 321. The van der Waals surface area contributed by atoms with Crippen LogP contribution in [0.1, 0.15) is 63.3 Å². The van der Waals surface area contributed by atoms with Crippen LogP contribution in [0.4, 0.5) is 0 Å². The molecule has 0 aliphatic heterocycles. The van der Waals surface area contributed by atoms with E-state index in [4.69, 9.17) is 11.6 Å². The number of hydrogen-bond acceptors (Lipinski definition) is 2. The van der Waals surface area contributed by atoms with Gasteiger partial charge in [0.1, 0.15) is 0 Å². The number of unbranched alkanes of at least 4 members (excludes halogenated alkanes) is 3. The van der Waals surface area contributed by atoms with Crippen molar-refractivity contribution in [3.05, 3.63) is 19.8 Å². The third-order valence-electron chi connectivity index (χ3n) is 2.99. The van der Waals surface area contributed by atoms with Crippen molar-refractivity contribution in [2.24, 2.45) is 0 Å². The van der Waals surface area contributed by atoms with E-state index in [9.17, 15) is 0 Å². The maximum absolute atomic E-state index is 6.13. The Balaban J connectivity index is 2.54. The first kappa shape index (κ1) is 16.5. The molecular formula is C14H23BrClNS. The van der Waals surface area contributed by atoms with Gasteiger partial charge in [0.2, 0.25) is 0 Å². The first-order valence-corrected chi connectivity index (χ1v) is 8.85. The van der Waals surface area contributed by atoms with Crippen molar-refractivity contribution < 1.29 is 0 Å². The summed E-state index contributed by atoms with van der Waals surface area (Å²) >= 11 is 11.4. The van der Waals surface area contributed by atoms with E-state index in [0.29, 0.717) is 6.04 Å². The minimum absolute atomic E-state index is 0.468. The predicted octanol–water partition coefficient (Wildman–Crippen LogP) is 6.18. The van der Waals surface area contributed by atoms with Crippen molar-refractivity contribution in [1.82, 2.24) is 5.32 Å². The number of rotatable bonds is 9. The second kappa shape index (κ2) is 9.35. The van der Waals surface area contributed by atoms with Gasteiger partial charge in [-0.15, -0.1) is 11.3 Å². The van der Waals surface area contributed by atoms with Crippen molar-refractivity contribution in [3.8, 4) is 0 Å². The van der Waals surface area contributed by atoms with Crippen LogP contribution in [0.5, 0.6) is 0 Å². The molecule has 0 aliphatic rings. The molecule has 1 atom stereocenters. The smallest absolute Gasteiger partial charge is 0.0887 e. The van der Waals surface area contributed by atoms with Crippen LogP contribution >= 0.6 is 38.9 Å². The van der Waals surface area contributed by atoms with Gasteiger partial charge in [0.25, 0.3) is 0 Å². The first-order valence-electron chi connectivity index (χ1n) is 6.87. The van der Waals surface area contributed by atoms with Crippen LogP contribution < -0.4 is 5.32 Å². The molecule has 0 saturated carbocycles. The van der Waals surface area contributed by atoms with Gasteiger partial charge < -0.3 is 5.32 Å². The molecule has 0 bridgehead atoms. The van der Waals surface area contributed by atoms with Gasteiger partial charge in [0.05, 0.1) is 8.81 Å². The van der Waals surface area contributed by atoms with E-state index >= 15 is 0 Å². The maximum Gasteiger partial charge on any atom is 0.0887 e. The van der Waals surface area contributed by atoms with Gasteiger partial charge in [0.15, 0.2) is 0 Å². The molecule has 1 N–H and O–H groups in total. The van der Waals surface area contributed by atoms with E-state index in [1.165, 1.54) is 43.4 Å². The van der Waals surface area contributed by atoms with E-state index < -0.39 is 0 Å². The minimum atomic E-state index is 0.468. The van der Waals surface area contributed by atoms with E-state index in [0.717, 1.165) is 15.4 Å². The van der Waals surface area contributed by atoms with Crippen LogP contribution in [-0.4, -0.2) is 6.54 Å². The van der Waals surface area contributed by atoms with Gasteiger partial charge >= 0.3 is 0 Å². The second-order valence-electron chi connectivity index (χ2n) is 4.63. The summed E-state index contributed by atoms with van der Waals surface area (Å²) in [6.07, 6.45) is 7.65. The molecule has 4 heteroatoms. The Morgan fingerprint density at radius 2 is 2.06 bits per heavy atom. The first-order chi connectivity index (χ1) is 8.69. The van der Waals surface area contributed by atoms with Crippen molar-refractivity contribution in [3.63, 3.8) is 0 Å². The van der Waals surface area contributed by atoms with Gasteiger partial charge in [-0.2, -0.15) is 0 Å². The van der Waals surface area contributed by atoms with Crippen molar-refractivity contribution in [2.45, 2.75) is 58.4 Å². The largest absolute Gasteiger partial charge is 0.309 e. The molecule has 1 rings (SSSR count). The average Bonchev–Trinajstić information content (AvgIpc) is 2.68. The molecule has 0 aromatic carbocycles. The lowest BCUT2D eigenvalue weighted by Gasteiger charge is -2.16. The molecule has 18 heavy (non-hydrogen) atoms. The number of halogens is 2. The zero-order chi connectivity index (χ0) is 13.4. The van der Waals surface area contributed by atoms with Crippen LogP contribution in [0.3, 0.4) is 0 Å². The van der Waals surface area contributed by atoms with Crippen molar-refractivity contribution >= 4 is 38.9 Å². The van der Waals surface area contributed by atoms with E-state index in [-0.39, 0.29) is 0 Å². The fourth-order valence-corrected chi connectivity index (χ4v) is 3.83. The van der Waals surface area contributed by atoms with Crippen LogP contribution in [0.15, 0.2) is 9.85 Å². The molecule has 1 aromatic heterocycles. The van der Waals surface area contributed by atoms with Crippen LogP contribution in [0.2, 0.25) is 5.02 Å². The molecule has 1 aromatic rings. The summed E-state index contributed by atoms with van der Waals surface area (Å²) in [4.78, 5) is 1.36. The maximum atomic E-state index is 6.13. The Morgan fingerprint density at radius 3 is 2.61 bits per heavy atom. The molecule has 0 aliphatic carbocycles. The van der Waals surface area contributed by atoms with Gasteiger partial charge in [-0.3, -0.25) is 0 Å². The second-order valence-corrected chi connectivity index (χ2v) is 7.44. The zero-order valence-corrected chi connectivity index (χ0v) is 14.4. The lowest BCUT2D eigenvalue weighted by atomic mass is 10.1. The topological polar surface area (TPSA) is 12.0 Å². The standard InChI is InChI=1S/C14H23BrClNS/c1-3-5-6-7-8-12(17-9-4-2)13-10-11(16)14(15)18-13/h10,12,17H,3-9H2,1-2H3. The van der Waals surface area contributed by atoms with E-state index in [2.05, 4.69) is 41.2 Å². The predicted molar refractivity (Wildman–Crippen MR) is 86.8 cm³/mol. The lowest BCUT2D eigenvalue weighted by Crippen LogP contribution is -2.21. The molecule has 0 saturated heterocycles. The molecule has 0 radical (unpaired) electrons. The van der Waals surface area contributed by atoms with Gasteiger partial charge in [-0.1, -0.05) is 51.1 Å². The molecule has 1 heterocycles. The quantitative estimate of drug-likeness (QED) is 0.524. The van der Waals surface area contributed by atoms with Crippen LogP contribution in [-0.2, 0) is 0 Å². The fourth-order valence-electron chi connectivity index (χ4n) is 1.97. The van der Waals surface area contributed by atoms with E-state index in [1.54, 1.807) is 11.3 Å².